The SMILES string of the molecule is Cl.O=C(NCCc1ccc(Br)s1)C1CCNCC1. The number of hydrogen-bond acceptors (Lipinski definition) is 3. The minimum absolute atomic E-state index is 0. The maximum absolute atomic E-state index is 11.8. The van der Waals surface area contributed by atoms with Gasteiger partial charge in [-0.3, -0.25) is 4.79 Å². The number of piperidine rings is 1. The Morgan fingerprint density at radius 1 is 1.44 bits per heavy atom. The first kappa shape index (κ1) is 16.0. The van der Waals surface area contributed by atoms with Gasteiger partial charge in [-0.1, -0.05) is 0 Å². The van der Waals surface area contributed by atoms with Gasteiger partial charge in [-0.05, 0) is 60.4 Å². The molecule has 0 spiro atoms. The minimum Gasteiger partial charge on any atom is -0.355 e. The van der Waals surface area contributed by atoms with Crippen LogP contribution in [0.4, 0.5) is 0 Å². The van der Waals surface area contributed by atoms with E-state index >= 15 is 0 Å². The monoisotopic (exact) mass is 352 g/mol. The average Bonchev–Trinajstić information content (AvgIpc) is 2.76. The van der Waals surface area contributed by atoms with Crippen molar-refractivity contribution in [1.82, 2.24) is 10.6 Å². The highest BCUT2D eigenvalue weighted by molar-refractivity contribution is 9.11. The zero-order chi connectivity index (χ0) is 12.1. The summed E-state index contributed by atoms with van der Waals surface area (Å²) in [6, 6.07) is 4.15. The zero-order valence-corrected chi connectivity index (χ0v) is 13.3. The van der Waals surface area contributed by atoms with Crippen LogP contribution in [-0.4, -0.2) is 25.5 Å². The molecular formula is C12H18BrClN2OS. The number of carbonyl (C=O) groups excluding carboxylic acids is 1. The van der Waals surface area contributed by atoms with Crippen LogP contribution in [0.25, 0.3) is 0 Å². The number of thiophene rings is 1. The van der Waals surface area contributed by atoms with Crippen molar-refractivity contribution in [3.05, 3.63) is 20.8 Å². The van der Waals surface area contributed by atoms with Crippen LogP contribution in [0.3, 0.4) is 0 Å². The largest absolute Gasteiger partial charge is 0.355 e. The first-order valence-corrected chi connectivity index (χ1v) is 7.59. The second-order valence-corrected chi connectivity index (χ2v) is 6.82. The lowest BCUT2D eigenvalue weighted by Crippen LogP contribution is -2.38. The van der Waals surface area contributed by atoms with Crippen LogP contribution in [0, 0.1) is 5.92 Å². The van der Waals surface area contributed by atoms with Gasteiger partial charge in [-0.2, -0.15) is 0 Å². The first-order valence-electron chi connectivity index (χ1n) is 5.98. The highest BCUT2D eigenvalue weighted by Gasteiger charge is 2.20. The van der Waals surface area contributed by atoms with Crippen molar-refractivity contribution in [1.29, 1.82) is 0 Å². The number of hydrogen-bond donors (Lipinski definition) is 2. The van der Waals surface area contributed by atoms with E-state index in [1.54, 1.807) is 11.3 Å². The summed E-state index contributed by atoms with van der Waals surface area (Å²) in [6.07, 6.45) is 2.86. The van der Waals surface area contributed by atoms with Crippen LogP contribution in [0.1, 0.15) is 17.7 Å². The quantitative estimate of drug-likeness (QED) is 0.873. The van der Waals surface area contributed by atoms with E-state index in [-0.39, 0.29) is 24.2 Å². The van der Waals surface area contributed by atoms with Gasteiger partial charge in [-0.25, -0.2) is 0 Å². The third-order valence-corrected chi connectivity index (χ3v) is 4.69. The molecule has 2 heterocycles. The predicted molar refractivity (Wildman–Crippen MR) is 81.6 cm³/mol. The first-order chi connectivity index (χ1) is 8.25. The van der Waals surface area contributed by atoms with Crippen LogP contribution in [0.5, 0.6) is 0 Å². The molecule has 0 aliphatic carbocycles. The van der Waals surface area contributed by atoms with E-state index in [9.17, 15) is 4.79 Å². The van der Waals surface area contributed by atoms with Crippen LogP contribution in [0.2, 0.25) is 0 Å². The van der Waals surface area contributed by atoms with Crippen molar-refractivity contribution in [2.75, 3.05) is 19.6 Å². The van der Waals surface area contributed by atoms with Crippen LogP contribution in [0.15, 0.2) is 15.9 Å². The van der Waals surface area contributed by atoms with Crippen LogP contribution >= 0.6 is 39.7 Å². The molecule has 0 unspecified atom stereocenters. The lowest BCUT2D eigenvalue weighted by molar-refractivity contribution is -0.125. The summed E-state index contributed by atoms with van der Waals surface area (Å²) in [5.74, 6) is 0.438. The Morgan fingerprint density at radius 3 is 2.78 bits per heavy atom. The van der Waals surface area contributed by atoms with Crippen molar-refractivity contribution < 1.29 is 4.79 Å². The van der Waals surface area contributed by atoms with E-state index in [2.05, 4.69) is 38.7 Å². The molecule has 2 rings (SSSR count). The molecule has 0 aromatic carbocycles. The molecule has 1 aliphatic heterocycles. The smallest absolute Gasteiger partial charge is 0.223 e. The molecule has 102 valence electrons. The van der Waals surface area contributed by atoms with E-state index in [0.29, 0.717) is 0 Å². The van der Waals surface area contributed by atoms with Gasteiger partial charge in [0.1, 0.15) is 0 Å². The molecule has 1 fully saturated rings. The Morgan fingerprint density at radius 2 is 2.17 bits per heavy atom. The fraction of sp³-hybridized carbons (Fsp3) is 0.583. The van der Waals surface area contributed by atoms with E-state index < -0.39 is 0 Å². The summed E-state index contributed by atoms with van der Waals surface area (Å²) in [7, 11) is 0. The van der Waals surface area contributed by atoms with Gasteiger partial charge < -0.3 is 10.6 Å². The van der Waals surface area contributed by atoms with Crippen molar-refractivity contribution >= 4 is 45.6 Å². The van der Waals surface area contributed by atoms with Crippen molar-refractivity contribution in [2.45, 2.75) is 19.3 Å². The number of halogens is 2. The molecule has 0 saturated carbocycles. The molecule has 0 atom stereocenters. The molecular weight excluding hydrogens is 336 g/mol. The molecule has 1 aromatic rings. The number of rotatable bonds is 4. The summed E-state index contributed by atoms with van der Waals surface area (Å²) >= 11 is 5.17. The van der Waals surface area contributed by atoms with Gasteiger partial charge in [0.25, 0.3) is 0 Å². The fourth-order valence-corrected chi connectivity index (χ4v) is 3.51. The maximum Gasteiger partial charge on any atom is 0.223 e. The Kier molecular flexibility index (Phi) is 7.22. The molecule has 1 amide bonds. The summed E-state index contributed by atoms with van der Waals surface area (Å²) in [6.45, 7) is 2.68. The van der Waals surface area contributed by atoms with E-state index in [4.69, 9.17) is 0 Å². The molecule has 18 heavy (non-hydrogen) atoms. The number of carbonyl (C=O) groups is 1. The zero-order valence-electron chi connectivity index (χ0n) is 10.1. The average molecular weight is 354 g/mol. The summed E-state index contributed by atoms with van der Waals surface area (Å²) in [4.78, 5) is 13.2. The van der Waals surface area contributed by atoms with E-state index in [1.807, 2.05) is 0 Å². The Hall–Kier alpha value is -0.100. The lowest BCUT2D eigenvalue weighted by Gasteiger charge is -2.21. The van der Waals surface area contributed by atoms with Crippen LogP contribution < -0.4 is 10.6 Å². The van der Waals surface area contributed by atoms with Crippen molar-refractivity contribution in [3.8, 4) is 0 Å². The third-order valence-electron chi connectivity index (χ3n) is 3.01. The topological polar surface area (TPSA) is 41.1 Å². The van der Waals surface area contributed by atoms with Gasteiger partial charge >= 0.3 is 0 Å². The molecule has 1 aromatic heterocycles. The normalized spacial score (nSPS) is 16.1. The van der Waals surface area contributed by atoms with Gasteiger partial charge in [-0.15, -0.1) is 23.7 Å². The predicted octanol–water partition coefficient (Wildman–Crippen LogP) is 2.59. The number of amides is 1. The second-order valence-electron chi connectivity index (χ2n) is 4.27. The Labute approximate surface area is 126 Å². The molecule has 0 bridgehead atoms. The Bertz CT molecular complexity index is 380. The summed E-state index contributed by atoms with van der Waals surface area (Å²) < 4.78 is 1.15. The number of nitrogens with one attached hydrogen (secondary N) is 2. The van der Waals surface area contributed by atoms with E-state index in [1.165, 1.54) is 4.88 Å². The molecule has 6 heteroatoms. The fourth-order valence-electron chi connectivity index (χ4n) is 2.02. The van der Waals surface area contributed by atoms with Gasteiger partial charge in [0.05, 0.1) is 3.79 Å². The van der Waals surface area contributed by atoms with Crippen molar-refractivity contribution in [2.24, 2.45) is 5.92 Å². The summed E-state index contributed by atoms with van der Waals surface area (Å²) in [5, 5.41) is 6.31. The summed E-state index contributed by atoms with van der Waals surface area (Å²) in [5.41, 5.74) is 0. The minimum atomic E-state index is 0. The van der Waals surface area contributed by atoms with Crippen LogP contribution in [-0.2, 0) is 11.2 Å². The molecule has 0 radical (unpaired) electrons. The van der Waals surface area contributed by atoms with Gasteiger partial charge in [0.15, 0.2) is 0 Å². The highest BCUT2D eigenvalue weighted by Crippen LogP contribution is 2.22. The van der Waals surface area contributed by atoms with Crippen molar-refractivity contribution in [3.63, 3.8) is 0 Å². The molecule has 2 N–H and O–H groups in total. The standard InChI is InChI=1S/C12H17BrN2OS.ClH/c13-11-2-1-10(17-11)5-8-15-12(16)9-3-6-14-7-4-9;/h1-2,9,14H,3-8H2,(H,15,16);1H. The highest BCUT2D eigenvalue weighted by atomic mass is 79.9. The van der Waals surface area contributed by atoms with Gasteiger partial charge in [0, 0.05) is 17.3 Å². The lowest BCUT2D eigenvalue weighted by atomic mass is 9.97. The van der Waals surface area contributed by atoms with Gasteiger partial charge in [0.2, 0.25) is 5.91 Å². The third kappa shape index (κ3) is 4.88. The maximum atomic E-state index is 11.8. The molecule has 1 aliphatic rings. The molecule has 3 nitrogen and oxygen atoms in total. The van der Waals surface area contributed by atoms with E-state index in [0.717, 1.165) is 42.7 Å². The molecule has 1 saturated heterocycles. The second kappa shape index (κ2) is 8.15. The Balaban J connectivity index is 0.00000162.